The fraction of sp³-hybridized carbons (Fsp3) is 0.429. The molecule has 1 aromatic rings. The summed E-state index contributed by atoms with van der Waals surface area (Å²) < 4.78 is 0. The number of hydrogen-bond acceptors (Lipinski definition) is 3. The summed E-state index contributed by atoms with van der Waals surface area (Å²) in [5.74, 6) is -0.456. The van der Waals surface area contributed by atoms with Crippen LogP contribution in [0.2, 0.25) is 5.02 Å². The van der Waals surface area contributed by atoms with E-state index in [-0.39, 0.29) is 35.3 Å². The molecule has 0 saturated heterocycles. The zero-order chi connectivity index (χ0) is 15.3. The molecule has 0 radical (unpaired) electrons. The van der Waals surface area contributed by atoms with Crippen molar-refractivity contribution in [3.8, 4) is 0 Å². The largest absolute Gasteiger partial charge is 0.398 e. The van der Waals surface area contributed by atoms with Crippen LogP contribution < -0.4 is 16.4 Å². The third kappa shape index (κ3) is 5.09. The second-order valence-electron chi connectivity index (χ2n) is 5.51. The molecule has 0 aliphatic rings. The molecule has 5 nitrogen and oxygen atoms in total. The van der Waals surface area contributed by atoms with Crippen LogP contribution >= 0.6 is 11.6 Å². The summed E-state index contributed by atoms with van der Waals surface area (Å²) >= 11 is 5.95. The number of amides is 2. The van der Waals surface area contributed by atoms with E-state index in [2.05, 4.69) is 10.6 Å². The third-order valence-electron chi connectivity index (χ3n) is 2.43. The summed E-state index contributed by atoms with van der Waals surface area (Å²) in [5, 5.41) is 5.69. The quantitative estimate of drug-likeness (QED) is 0.743. The second-order valence-corrected chi connectivity index (χ2v) is 5.89. The van der Waals surface area contributed by atoms with Crippen LogP contribution in [-0.2, 0) is 4.79 Å². The van der Waals surface area contributed by atoms with Crippen LogP contribution in [0.15, 0.2) is 18.2 Å². The number of nitrogens with one attached hydrogen (secondary N) is 2. The predicted molar refractivity (Wildman–Crippen MR) is 80.7 cm³/mol. The van der Waals surface area contributed by atoms with E-state index < -0.39 is 0 Å². The van der Waals surface area contributed by atoms with Crippen molar-refractivity contribution in [2.24, 2.45) is 0 Å². The number of halogens is 1. The summed E-state index contributed by atoms with van der Waals surface area (Å²) in [4.78, 5) is 23.5. The average molecular weight is 298 g/mol. The molecule has 1 aromatic carbocycles. The Labute approximate surface area is 123 Å². The molecular formula is C14H20ClN3O2. The Morgan fingerprint density at radius 3 is 2.55 bits per heavy atom. The highest BCUT2D eigenvalue weighted by Gasteiger charge is 2.15. The standard InChI is InChI=1S/C14H20ClN3O2/c1-14(2,3)18-11(19)7-8-17-13(20)9-5-4-6-10(16)12(9)15/h4-6H,7-8,16H2,1-3H3,(H,17,20)(H,18,19). The molecule has 0 saturated carbocycles. The van der Waals surface area contributed by atoms with Crippen molar-refractivity contribution in [2.75, 3.05) is 12.3 Å². The smallest absolute Gasteiger partial charge is 0.252 e. The molecule has 4 N–H and O–H groups in total. The van der Waals surface area contributed by atoms with E-state index in [1.807, 2.05) is 20.8 Å². The first kappa shape index (κ1) is 16.3. The lowest BCUT2D eigenvalue weighted by molar-refractivity contribution is -0.122. The lowest BCUT2D eigenvalue weighted by atomic mass is 10.1. The zero-order valence-electron chi connectivity index (χ0n) is 11.9. The second kappa shape index (κ2) is 6.61. The normalized spacial score (nSPS) is 11.0. The van der Waals surface area contributed by atoms with Crippen molar-refractivity contribution in [1.29, 1.82) is 0 Å². The Hall–Kier alpha value is -1.75. The summed E-state index contributed by atoms with van der Waals surface area (Å²) in [5.41, 5.74) is 6.01. The minimum atomic E-state index is -0.342. The van der Waals surface area contributed by atoms with Crippen LogP contribution in [0.25, 0.3) is 0 Å². The Morgan fingerprint density at radius 1 is 1.30 bits per heavy atom. The number of benzene rings is 1. The van der Waals surface area contributed by atoms with Gasteiger partial charge in [0.25, 0.3) is 5.91 Å². The van der Waals surface area contributed by atoms with Gasteiger partial charge in [-0.2, -0.15) is 0 Å². The molecule has 6 heteroatoms. The first-order chi connectivity index (χ1) is 9.20. The van der Waals surface area contributed by atoms with E-state index >= 15 is 0 Å². The van der Waals surface area contributed by atoms with Crippen molar-refractivity contribution in [1.82, 2.24) is 10.6 Å². The number of anilines is 1. The Kier molecular flexibility index (Phi) is 5.39. The maximum atomic E-state index is 11.9. The van der Waals surface area contributed by atoms with E-state index in [0.29, 0.717) is 11.3 Å². The highest BCUT2D eigenvalue weighted by molar-refractivity contribution is 6.36. The van der Waals surface area contributed by atoms with Gasteiger partial charge in [0.15, 0.2) is 0 Å². The van der Waals surface area contributed by atoms with Gasteiger partial charge in [0.2, 0.25) is 5.91 Å². The summed E-state index contributed by atoms with van der Waals surface area (Å²) in [6.07, 6.45) is 0.211. The fourth-order valence-electron chi connectivity index (χ4n) is 1.59. The monoisotopic (exact) mass is 297 g/mol. The van der Waals surface area contributed by atoms with Crippen molar-refractivity contribution in [3.63, 3.8) is 0 Å². The summed E-state index contributed by atoms with van der Waals surface area (Å²) in [7, 11) is 0. The first-order valence-electron chi connectivity index (χ1n) is 6.34. The van der Waals surface area contributed by atoms with Crippen molar-refractivity contribution >= 4 is 29.1 Å². The van der Waals surface area contributed by atoms with Crippen LogP contribution in [0.5, 0.6) is 0 Å². The molecule has 0 atom stereocenters. The zero-order valence-corrected chi connectivity index (χ0v) is 12.7. The van der Waals surface area contributed by atoms with Gasteiger partial charge in [0.1, 0.15) is 0 Å². The van der Waals surface area contributed by atoms with Crippen molar-refractivity contribution < 1.29 is 9.59 Å². The van der Waals surface area contributed by atoms with Gasteiger partial charge in [0.05, 0.1) is 16.3 Å². The third-order valence-corrected chi connectivity index (χ3v) is 2.85. The average Bonchev–Trinajstić information content (AvgIpc) is 2.30. The molecular weight excluding hydrogens is 278 g/mol. The number of hydrogen-bond donors (Lipinski definition) is 3. The minimum absolute atomic E-state index is 0.114. The Bertz CT molecular complexity index is 510. The van der Waals surface area contributed by atoms with Crippen LogP contribution in [0, 0.1) is 0 Å². The molecule has 0 spiro atoms. The summed E-state index contributed by atoms with van der Waals surface area (Å²) in [6.45, 7) is 5.94. The van der Waals surface area contributed by atoms with Crippen molar-refractivity contribution in [2.45, 2.75) is 32.7 Å². The van der Waals surface area contributed by atoms with E-state index in [0.717, 1.165) is 0 Å². The van der Waals surface area contributed by atoms with Crippen LogP contribution in [0.3, 0.4) is 0 Å². The van der Waals surface area contributed by atoms with Gasteiger partial charge >= 0.3 is 0 Å². The SMILES string of the molecule is CC(C)(C)NC(=O)CCNC(=O)c1cccc(N)c1Cl. The predicted octanol–water partition coefficient (Wildman–Crippen LogP) is 1.96. The molecule has 0 bridgehead atoms. The number of nitrogen functional groups attached to an aromatic ring is 1. The van der Waals surface area contributed by atoms with Gasteiger partial charge in [-0.25, -0.2) is 0 Å². The molecule has 0 aliphatic carbocycles. The number of rotatable bonds is 4. The van der Waals surface area contributed by atoms with Crippen LogP contribution in [0.1, 0.15) is 37.6 Å². The van der Waals surface area contributed by atoms with E-state index in [9.17, 15) is 9.59 Å². The van der Waals surface area contributed by atoms with Gasteiger partial charge in [0, 0.05) is 18.5 Å². The Morgan fingerprint density at radius 2 is 1.95 bits per heavy atom. The van der Waals surface area contributed by atoms with Gasteiger partial charge in [-0.3, -0.25) is 9.59 Å². The molecule has 0 aromatic heterocycles. The van der Waals surface area contributed by atoms with Gasteiger partial charge in [-0.05, 0) is 32.9 Å². The van der Waals surface area contributed by atoms with E-state index in [1.165, 1.54) is 0 Å². The highest BCUT2D eigenvalue weighted by atomic mass is 35.5. The molecule has 20 heavy (non-hydrogen) atoms. The lowest BCUT2D eigenvalue weighted by Crippen LogP contribution is -2.42. The molecule has 0 unspecified atom stereocenters. The molecule has 1 rings (SSSR count). The fourth-order valence-corrected chi connectivity index (χ4v) is 1.80. The van der Waals surface area contributed by atoms with Gasteiger partial charge < -0.3 is 16.4 Å². The maximum absolute atomic E-state index is 11.9. The highest BCUT2D eigenvalue weighted by Crippen LogP contribution is 2.22. The van der Waals surface area contributed by atoms with Gasteiger partial charge in [-0.1, -0.05) is 17.7 Å². The maximum Gasteiger partial charge on any atom is 0.252 e. The van der Waals surface area contributed by atoms with Crippen LogP contribution in [0.4, 0.5) is 5.69 Å². The van der Waals surface area contributed by atoms with E-state index in [1.54, 1.807) is 18.2 Å². The molecule has 0 heterocycles. The molecule has 0 aliphatic heterocycles. The molecule has 110 valence electrons. The van der Waals surface area contributed by atoms with E-state index in [4.69, 9.17) is 17.3 Å². The summed E-state index contributed by atoms with van der Waals surface area (Å²) in [6, 6.07) is 4.86. The first-order valence-corrected chi connectivity index (χ1v) is 6.71. The number of nitrogens with two attached hydrogens (primary N) is 1. The number of carbonyl (C=O) groups excluding carboxylic acids is 2. The molecule has 0 fully saturated rings. The van der Waals surface area contributed by atoms with Crippen molar-refractivity contribution in [3.05, 3.63) is 28.8 Å². The minimum Gasteiger partial charge on any atom is -0.398 e. The molecule has 2 amide bonds. The Balaban J connectivity index is 2.48. The number of carbonyl (C=O) groups is 2. The van der Waals surface area contributed by atoms with Crippen LogP contribution in [-0.4, -0.2) is 23.9 Å². The topological polar surface area (TPSA) is 84.2 Å². The lowest BCUT2D eigenvalue weighted by Gasteiger charge is -2.20. The van der Waals surface area contributed by atoms with Gasteiger partial charge in [-0.15, -0.1) is 0 Å².